The molecule has 0 aliphatic carbocycles. The Hall–Kier alpha value is -2.73. The second-order valence-corrected chi connectivity index (χ2v) is 7.32. The molecule has 2 aromatic carbocycles. The molecule has 1 saturated heterocycles. The number of para-hydroxylation sites is 1. The Balaban J connectivity index is 1.69. The van der Waals surface area contributed by atoms with Crippen molar-refractivity contribution in [3.8, 4) is 11.5 Å². The highest BCUT2D eigenvalue weighted by Crippen LogP contribution is 2.29. The van der Waals surface area contributed by atoms with E-state index in [9.17, 15) is 9.59 Å². The van der Waals surface area contributed by atoms with Crippen LogP contribution in [0.5, 0.6) is 11.5 Å². The average Bonchev–Trinajstić information content (AvgIpc) is 3.02. The van der Waals surface area contributed by atoms with Crippen molar-refractivity contribution >= 4 is 29.1 Å². The van der Waals surface area contributed by atoms with Crippen LogP contribution in [0.1, 0.15) is 36.0 Å². The van der Waals surface area contributed by atoms with Gasteiger partial charge in [0.1, 0.15) is 11.5 Å². The molecule has 29 heavy (non-hydrogen) atoms. The molecule has 1 heterocycles. The van der Waals surface area contributed by atoms with Crippen LogP contribution in [0.15, 0.2) is 42.5 Å². The molecule has 0 spiro atoms. The molecule has 7 heteroatoms. The third kappa shape index (κ3) is 5.64. The van der Waals surface area contributed by atoms with Crippen LogP contribution in [0.3, 0.4) is 0 Å². The molecule has 6 nitrogen and oxygen atoms in total. The van der Waals surface area contributed by atoms with Crippen LogP contribution >= 0.6 is 11.6 Å². The number of nitrogens with one attached hydrogen (secondary N) is 1. The highest BCUT2D eigenvalue weighted by molar-refractivity contribution is 6.31. The summed E-state index contributed by atoms with van der Waals surface area (Å²) in [5.41, 5.74) is 0.790. The molecule has 0 bridgehead atoms. The fraction of sp³-hybridized carbons (Fsp3) is 0.364. The molecule has 0 radical (unpaired) electrons. The van der Waals surface area contributed by atoms with Gasteiger partial charge in [-0.2, -0.15) is 0 Å². The molecule has 2 amide bonds. The summed E-state index contributed by atoms with van der Waals surface area (Å²) in [6.07, 6.45) is 4.35. The van der Waals surface area contributed by atoms with E-state index in [2.05, 4.69) is 5.32 Å². The summed E-state index contributed by atoms with van der Waals surface area (Å²) < 4.78 is 11.0. The Bertz CT molecular complexity index is 864. The van der Waals surface area contributed by atoms with Crippen LogP contribution < -0.4 is 14.8 Å². The lowest BCUT2D eigenvalue weighted by Gasteiger charge is -2.20. The largest absolute Gasteiger partial charge is 0.495 e. The lowest BCUT2D eigenvalue weighted by molar-refractivity contribution is -0.133. The molecule has 2 aromatic rings. The summed E-state index contributed by atoms with van der Waals surface area (Å²) in [4.78, 5) is 27.1. The minimum Gasteiger partial charge on any atom is -0.495 e. The average molecular weight is 417 g/mol. The highest BCUT2D eigenvalue weighted by atomic mass is 35.5. The molecule has 0 aromatic heterocycles. The SMILES string of the molecule is COc1ccc(Cl)cc1NC(=O)c1ccccc1OCC(=O)N1CCCCCC1. The Kier molecular flexibility index (Phi) is 7.36. The van der Waals surface area contributed by atoms with E-state index in [1.165, 1.54) is 7.11 Å². The number of amides is 2. The zero-order chi connectivity index (χ0) is 20.6. The van der Waals surface area contributed by atoms with Gasteiger partial charge in [-0.25, -0.2) is 0 Å². The number of carbonyl (C=O) groups is 2. The van der Waals surface area contributed by atoms with Crippen molar-refractivity contribution in [2.75, 3.05) is 32.1 Å². The van der Waals surface area contributed by atoms with E-state index < -0.39 is 0 Å². The first-order chi connectivity index (χ1) is 14.1. The molecular formula is C22H25ClN2O4. The number of rotatable bonds is 6. The maximum atomic E-state index is 12.8. The van der Waals surface area contributed by atoms with E-state index in [0.717, 1.165) is 38.8 Å². The summed E-state index contributed by atoms with van der Waals surface area (Å²) >= 11 is 6.03. The van der Waals surface area contributed by atoms with Crippen molar-refractivity contribution in [2.24, 2.45) is 0 Å². The summed E-state index contributed by atoms with van der Waals surface area (Å²) in [6.45, 7) is 1.43. The monoisotopic (exact) mass is 416 g/mol. The maximum absolute atomic E-state index is 12.8. The summed E-state index contributed by atoms with van der Waals surface area (Å²) in [7, 11) is 1.52. The Morgan fingerprint density at radius 1 is 1.03 bits per heavy atom. The van der Waals surface area contributed by atoms with Crippen molar-refractivity contribution in [2.45, 2.75) is 25.7 Å². The van der Waals surface area contributed by atoms with E-state index in [1.807, 2.05) is 4.90 Å². The smallest absolute Gasteiger partial charge is 0.260 e. The van der Waals surface area contributed by atoms with Gasteiger partial charge in [-0.1, -0.05) is 36.6 Å². The lowest BCUT2D eigenvalue weighted by atomic mass is 10.1. The van der Waals surface area contributed by atoms with E-state index in [1.54, 1.807) is 42.5 Å². The Labute approximate surface area is 175 Å². The van der Waals surface area contributed by atoms with Gasteiger partial charge >= 0.3 is 0 Å². The number of carbonyl (C=O) groups excluding carboxylic acids is 2. The number of anilines is 1. The number of halogens is 1. The number of likely N-dealkylation sites (tertiary alicyclic amines) is 1. The lowest BCUT2D eigenvalue weighted by Crippen LogP contribution is -2.35. The van der Waals surface area contributed by atoms with Crippen molar-refractivity contribution in [1.29, 1.82) is 0 Å². The molecule has 1 aliphatic rings. The zero-order valence-electron chi connectivity index (χ0n) is 16.4. The molecule has 0 unspecified atom stereocenters. The van der Waals surface area contributed by atoms with Gasteiger partial charge in [-0.3, -0.25) is 9.59 Å². The Morgan fingerprint density at radius 2 is 1.76 bits per heavy atom. The molecule has 0 saturated carbocycles. The van der Waals surface area contributed by atoms with Gasteiger partial charge in [-0.05, 0) is 43.2 Å². The molecule has 1 aliphatic heterocycles. The molecule has 154 valence electrons. The summed E-state index contributed by atoms with van der Waals surface area (Å²) in [5.74, 6) is 0.425. The third-order valence-corrected chi connectivity index (χ3v) is 5.09. The first-order valence-corrected chi connectivity index (χ1v) is 10.1. The van der Waals surface area contributed by atoms with Gasteiger partial charge in [-0.15, -0.1) is 0 Å². The second-order valence-electron chi connectivity index (χ2n) is 6.88. The number of benzene rings is 2. The van der Waals surface area contributed by atoms with E-state index in [-0.39, 0.29) is 18.4 Å². The third-order valence-electron chi connectivity index (χ3n) is 4.85. The van der Waals surface area contributed by atoms with Crippen molar-refractivity contribution in [1.82, 2.24) is 4.90 Å². The van der Waals surface area contributed by atoms with E-state index in [4.69, 9.17) is 21.1 Å². The molecule has 0 atom stereocenters. The quantitative estimate of drug-likeness (QED) is 0.758. The normalized spacial score (nSPS) is 14.1. The second kappa shape index (κ2) is 10.2. The summed E-state index contributed by atoms with van der Waals surface area (Å²) in [6, 6.07) is 11.8. The Morgan fingerprint density at radius 3 is 2.48 bits per heavy atom. The highest BCUT2D eigenvalue weighted by Gasteiger charge is 2.19. The number of ether oxygens (including phenoxy) is 2. The van der Waals surface area contributed by atoms with Gasteiger partial charge in [0.15, 0.2) is 6.61 Å². The number of nitrogens with zero attached hydrogens (tertiary/aromatic N) is 1. The zero-order valence-corrected chi connectivity index (χ0v) is 17.2. The number of hydrogen-bond acceptors (Lipinski definition) is 4. The fourth-order valence-electron chi connectivity index (χ4n) is 3.30. The molecular weight excluding hydrogens is 392 g/mol. The van der Waals surface area contributed by atoms with Gasteiger partial charge < -0.3 is 19.7 Å². The summed E-state index contributed by atoms with van der Waals surface area (Å²) in [5, 5.41) is 3.27. The maximum Gasteiger partial charge on any atom is 0.260 e. The van der Waals surface area contributed by atoms with Gasteiger partial charge in [0, 0.05) is 18.1 Å². The fourth-order valence-corrected chi connectivity index (χ4v) is 3.47. The standard InChI is InChI=1S/C22H25ClN2O4/c1-28-20-11-10-16(23)14-18(20)24-22(27)17-8-4-5-9-19(17)29-15-21(26)25-12-6-2-3-7-13-25/h4-5,8-11,14H,2-3,6-7,12-13,15H2,1H3,(H,24,27). The van der Waals surface area contributed by atoms with Gasteiger partial charge in [0.25, 0.3) is 11.8 Å². The van der Waals surface area contributed by atoms with Crippen LogP contribution in [0.25, 0.3) is 0 Å². The van der Waals surface area contributed by atoms with Gasteiger partial charge in [0.2, 0.25) is 0 Å². The van der Waals surface area contributed by atoms with Crippen molar-refractivity contribution < 1.29 is 19.1 Å². The van der Waals surface area contributed by atoms with Crippen LogP contribution in [0, 0.1) is 0 Å². The van der Waals surface area contributed by atoms with Crippen molar-refractivity contribution in [3.05, 3.63) is 53.1 Å². The minimum atomic E-state index is -0.372. The van der Waals surface area contributed by atoms with E-state index >= 15 is 0 Å². The minimum absolute atomic E-state index is 0.0568. The van der Waals surface area contributed by atoms with Crippen LogP contribution in [-0.4, -0.2) is 43.5 Å². The first-order valence-electron chi connectivity index (χ1n) is 9.73. The molecule has 1 fully saturated rings. The predicted molar refractivity (Wildman–Crippen MR) is 113 cm³/mol. The van der Waals surface area contributed by atoms with Crippen LogP contribution in [0.4, 0.5) is 5.69 Å². The number of methoxy groups -OCH3 is 1. The van der Waals surface area contributed by atoms with E-state index in [0.29, 0.717) is 27.8 Å². The van der Waals surface area contributed by atoms with Gasteiger partial charge in [0.05, 0.1) is 18.4 Å². The first kappa shape index (κ1) is 21.0. The molecule has 1 N–H and O–H groups in total. The predicted octanol–water partition coefficient (Wildman–Crippen LogP) is 4.38. The van der Waals surface area contributed by atoms with Crippen molar-refractivity contribution in [3.63, 3.8) is 0 Å². The van der Waals surface area contributed by atoms with Crippen LogP contribution in [0.2, 0.25) is 5.02 Å². The number of hydrogen-bond donors (Lipinski definition) is 1. The molecule has 3 rings (SSSR count). The van der Waals surface area contributed by atoms with Crippen LogP contribution in [-0.2, 0) is 4.79 Å². The topological polar surface area (TPSA) is 67.9 Å².